The van der Waals surface area contributed by atoms with Gasteiger partial charge in [0.05, 0.1) is 12.2 Å². The summed E-state index contributed by atoms with van der Waals surface area (Å²) in [6, 6.07) is 0. The van der Waals surface area contributed by atoms with Crippen molar-refractivity contribution in [1.29, 1.82) is 0 Å². The summed E-state index contributed by atoms with van der Waals surface area (Å²) >= 11 is 0. The molecule has 172 valence electrons. The van der Waals surface area contributed by atoms with Gasteiger partial charge in [-0.1, -0.05) is 50.7 Å². The Morgan fingerprint density at radius 3 is 1.70 bits per heavy atom. The summed E-state index contributed by atoms with van der Waals surface area (Å²) in [5.74, 6) is 4.52. The highest BCUT2D eigenvalue weighted by Crippen LogP contribution is 2.36. The molecule has 3 fully saturated rings. The molecule has 2 heteroatoms. The van der Waals surface area contributed by atoms with Crippen LogP contribution in [-0.4, -0.2) is 25.4 Å². The van der Waals surface area contributed by atoms with Crippen LogP contribution in [0.4, 0.5) is 0 Å². The lowest BCUT2D eigenvalue weighted by Gasteiger charge is -2.38. The molecular weight excluding hydrogens is 368 g/mol. The van der Waals surface area contributed by atoms with Gasteiger partial charge in [0.25, 0.3) is 0 Å². The van der Waals surface area contributed by atoms with Crippen LogP contribution < -0.4 is 0 Å². The van der Waals surface area contributed by atoms with Crippen molar-refractivity contribution < 1.29 is 9.47 Å². The maximum absolute atomic E-state index is 6.36. The van der Waals surface area contributed by atoms with Gasteiger partial charge in [0.15, 0.2) is 0 Å². The number of ether oxygens (including phenoxy) is 2. The normalized spacial score (nSPS) is 40.7. The van der Waals surface area contributed by atoms with E-state index in [2.05, 4.69) is 19.9 Å². The number of hydrogen-bond donors (Lipinski definition) is 0. The molecule has 2 aliphatic carbocycles. The topological polar surface area (TPSA) is 18.5 Å². The number of hydrogen-bond acceptors (Lipinski definition) is 2. The molecule has 5 unspecified atom stereocenters. The van der Waals surface area contributed by atoms with E-state index in [9.17, 15) is 0 Å². The van der Waals surface area contributed by atoms with E-state index < -0.39 is 0 Å². The van der Waals surface area contributed by atoms with Gasteiger partial charge in [0.2, 0.25) is 0 Å². The van der Waals surface area contributed by atoms with Crippen LogP contribution in [-0.2, 0) is 9.47 Å². The average Bonchev–Trinajstić information content (AvgIpc) is 2.79. The van der Waals surface area contributed by atoms with E-state index in [1.165, 1.54) is 96.3 Å². The summed E-state index contributed by atoms with van der Waals surface area (Å²) in [6.45, 7) is 6.69. The zero-order chi connectivity index (χ0) is 20.8. The fourth-order valence-corrected chi connectivity index (χ4v) is 6.54. The molecule has 0 amide bonds. The first-order valence-electron chi connectivity index (χ1n) is 13.5. The molecule has 0 radical (unpaired) electrons. The predicted octanol–water partition coefficient (Wildman–Crippen LogP) is 7.71. The maximum atomic E-state index is 6.36. The Balaban J connectivity index is 1.07. The van der Waals surface area contributed by atoms with Crippen molar-refractivity contribution in [3.63, 3.8) is 0 Å². The molecule has 5 atom stereocenters. The van der Waals surface area contributed by atoms with Crippen LogP contribution in [0, 0.1) is 29.6 Å². The molecule has 4 rings (SSSR count). The summed E-state index contributed by atoms with van der Waals surface area (Å²) in [6.07, 6.45) is 24.0. The van der Waals surface area contributed by atoms with Crippen LogP contribution in [0.25, 0.3) is 0 Å². The van der Waals surface area contributed by atoms with Crippen LogP contribution in [0.2, 0.25) is 0 Å². The van der Waals surface area contributed by atoms with Gasteiger partial charge in [-0.25, -0.2) is 0 Å². The smallest absolute Gasteiger partial charge is 0.0836 e. The lowest BCUT2D eigenvalue weighted by molar-refractivity contribution is -0.132. The standard InChI is InChI=1S/C28H48O2/c1-21-3-7-23(8-4-21)11-13-25-15-17-27(29-19-25)28-18-16-26(20-30-28)14-12-24-9-5-22(2)6-10-24/h3,22-28H,4-20H2,1-2H3. The van der Waals surface area contributed by atoms with Crippen LogP contribution in [0.1, 0.15) is 110 Å². The first kappa shape index (κ1) is 22.8. The van der Waals surface area contributed by atoms with E-state index in [1.54, 1.807) is 5.57 Å². The van der Waals surface area contributed by atoms with E-state index in [0.717, 1.165) is 42.8 Å². The summed E-state index contributed by atoms with van der Waals surface area (Å²) < 4.78 is 12.7. The maximum Gasteiger partial charge on any atom is 0.0836 e. The summed E-state index contributed by atoms with van der Waals surface area (Å²) in [5, 5.41) is 0. The quantitative estimate of drug-likeness (QED) is 0.396. The molecule has 0 aromatic rings. The highest BCUT2D eigenvalue weighted by atomic mass is 16.5. The molecule has 0 spiro atoms. The molecule has 2 aliphatic heterocycles. The largest absolute Gasteiger partial charge is 0.375 e. The Morgan fingerprint density at radius 1 is 0.667 bits per heavy atom. The van der Waals surface area contributed by atoms with Gasteiger partial charge in [-0.3, -0.25) is 0 Å². The predicted molar refractivity (Wildman–Crippen MR) is 126 cm³/mol. The van der Waals surface area contributed by atoms with Crippen molar-refractivity contribution in [3.05, 3.63) is 11.6 Å². The van der Waals surface area contributed by atoms with Crippen molar-refractivity contribution in [3.8, 4) is 0 Å². The first-order valence-corrected chi connectivity index (χ1v) is 13.5. The fraction of sp³-hybridized carbons (Fsp3) is 0.929. The Labute approximate surface area is 186 Å². The highest BCUT2D eigenvalue weighted by molar-refractivity contribution is 5.02. The molecule has 2 nitrogen and oxygen atoms in total. The average molecular weight is 417 g/mol. The SMILES string of the molecule is CC1=CCC(CCC2CCC(C3CCC(CCC4CCC(C)CC4)CO3)OC2)CC1. The van der Waals surface area contributed by atoms with Crippen molar-refractivity contribution in [2.75, 3.05) is 13.2 Å². The minimum atomic E-state index is 0.377. The van der Waals surface area contributed by atoms with Crippen molar-refractivity contribution in [2.24, 2.45) is 29.6 Å². The minimum Gasteiger partial charge on any atom is -0.375 e. The van der Waals surface area contributed by atoms with E-state index >= 15 is 0 Å². The third-order valence-electron chi connectivity index (χ3n) is 9.07. The molecule has 1 saturated carbocycles. The van der Waals surface area contributed by atoms with E-state index in [1.807, 2.05) is 0 Å². The lowest BCUT2D eigenvalue weighted by Crippen LogP contribution is -2.40. The Kier molecular flexibility index (Phi) is 8.76. The van der Waals surface area contributed by atoms with Gasteiger partial charge < -0.3 is 9.47 Å². The third kappa shape index (κ3) is 6.83. The van der Waals surface area contributed by atoms with Crippen LogP contribution in [0.15, 0.2) is 11.6 Å². The van der Waals surface area contributed by atoms with Gasteiger partial charge in [-0.05, 0) is 101 Å². The molecule has 2 heterocycles. The van der Waals surface area contributed by atoms with Crippen LogP contribution >= 0.6 is 0 Å². The van der Waals surface area contributed by atoms with Crippen LogP contribution in [0.5, 0.6) is 0 Å². The van der Waals surface area contributed by atoms with Gasteiger partial charge in [0.1, 0.15) is 0 Å². The monoisotopic (exact) mass is 416 g/mol. The second-order valence-electron chi connectivity index (χ2n) is 11.6. The van der Waals surface area contributed by atoms with Gasteiger partial charge in [-0.2, -0.15) is 0 Å². The molecule has 0 aromatic carbocycles. The second kappa shape index (κ2) is 11.5. The van der Waals surface area contributed by atoms with E-state index in [4.69, 9.17) is 9.47 Å². The Morgan fingerprint density at radius 2 is 1.20 bits per heavy atom. The lowest BCUT2D eigenvalue weighted by atomic mass is 9.79. The fourth-order valence-electron chi connectivity index (χ4n) is 6.54. The molecule has 4 aliphatic rings. The first-order chi connectivity index (χ1) is 14.7. The molecule has 0 aromatic heterocycles. The third-order valence-corrected chi connectivity index (χ3v) is 9.07. The van der Waals surface area contributed by atoms with Gasteiger partial charge in [-0.15, -0.1) is 0 Å². The minimum absolute atomic E-state index is 0.377. The molecular formula is C28H48O2. The second-order valence-corrected chi connectivity index (χ2v) is 11.6. The molecule has 0 N–H and O–H groups in total. The van der Waals surface area contributed by atoms with E-state index in [0.29, 0.717) is 12.2 Å². The Bertz CT molecular complexity index is 517. The molecule has 0 bridgehead atoms. The Hall–Kier alpha value is -0.340. The van der Waals surface area contributed by atoms with Gasteiger partial charge in [0, 0.05) is 13.2 Å². The molecule has 2 saturated heterocycles. The summed E-state index contributed by atoms with van der Waals surface area (Å²) in [5.41, 5.74) is 1.61. The van der Waals surface area contributed by atoms with Gasteiger partial charge >= 0.3 is 0 Å². The highest BCUT2D eigenvalue weighted by Gasteiger charge is 2.33. The zero-order valence-corrected chi connectivity index (χ0v) is 20.0. The van der Waals surface area contributed by atoms with Crippen molar-refractivity contribution in [2.45, 2.75) is 122 Å². The molecule has 30 heavy (non-hydrogen) atoms. The van der Waals surface area contributed by atoms with E-state index in [-0.39, 0.29) is 0 Å². The zero-order valence-electron chi connectivity index (χ0n) is 20.0. The van der Waals surface area contributed by atoms with Crippen molar-refractivity contribution in [1.82, 2.24) is 0 Å². The number of rotatable bonds is 7. The van der Waals surface area contributed by atoms with Crippen LogP contribution in [0.3, 0.4) is 0 Å². The van der Waals surface area contributed by atoms with Crippen molar-refractivity contribution >= 4 is 0 Å². The summed E-state index contributed by atoms with van der Waals surface area (Å²) in [4.78, 5) is 0. The number of allylic oxidation sites excluding steroid dienone is 2. The summed E-state index contributed by atoms with van der Waals surface area (Å²) in [7, 11) is 0.